The molecule has 0 saturated carbocycles. The van der Waals surface area contributed by atoms with Crippen LogP contribution < -0.4 is 4.74 Å². The summed E-state index contributed by atoms with van der Waals surface area (Å²) in [6, 6.07) is 11.7. The van der Waals surface area contributed by atoms with Crippen LogP contribution in [0.3, 0.4) is 0 Å². The molecule has 0 bridgehead atoms. The molecule has 3 heterocycles. The van der Waals surface area contributed by atoms with Crippen molar-refractivity contribution in [3.8, 4) is 17.1 Å². The number of nitrogens with zero attached hydrogens (tertiary/aromatic N) is 4. The lowest BCUT2D eigenvalue weighted by Crippen LogP contribution is -2.48. The summed E-state index contributed by atoms with van der Waals surface area (Å²) in [5.41, 5.74) is 0.853. The smallest absolute Gasteiger partial charge is 0.227 e. The maximum absolute atomic E-state index is 12.6. The second kappa shape index (κ2) is 9.72. The van der Waals surface area contributed by atoms with Crippen LogP contribution in [0.1, 0.15) is 17.2 Å². The van der Waals surface area contributed by atoms with Crippen LogP contribution in [0, 0.1) is 0 Å². The van der Waals surface area contributed by atoms with E-state index in [1.165, 1.54) is 4.88 Å². The third-order valence-corrected chi connectivity index (χ3v) is 6.71. The van der Waals surface area contributed by atoms with Gasteiger partial charge >= 0.3 is 0 Å². The van der Waals surface area contributed by atoms with E-state index in [0.717, 1.165) is 47.8 Å². The monoisotopic (exact) mass is 490 g/mol. The van der Waals surface area contributed by atoms with Gasteiger partial charge in [0.25, 0.3) is 0 Å². The average molecular weight is 491 g/mol. The van der Waals surface area contributed by atoms with Gasteiger partial charge in [-0.25, -0.2) is 0 Å². The van der Waals surface area contributed by atoms with Gasteiger partial charge in [0.15, 0.2) is 0 Å². The molecule has 0 N–H and O–H groups in total. The Kier molecular flexibility index (Phi) is 6.81. The minimum Gasteiger partial charge on any atom is -0.497 e. The highest BCUT2D eigenvalue weighted by Crippen LogP contribution is 2.24. The molecule has 1 aromatic carbocycles. The van der Waals surface area contributed by atoms with E-state index in [1.54, 1.807) is 18.4 Å². The molecule has 158 valence electrons. The summed E-state index contributed by atoms with van der Waals surface area (Å²) in [5.74, 6) is 1.92. The standard InChI is InChI=1S/C21H23BrN4O3S/c1-28-16-4-2-15(3-5-16)21-23-19(29-24-21)8-9-20(27)26-12-10-25(11-13-26)14-17-6-7-18(22)30-17/h2-7H,8-14H2,1H3. The van der Waals surface area contributed by atoms with Crippen molar-refractivity contribution < 1.29 is 14.1 Å². The molecule has 3 aromatic rings. The molecule has 0 atom stereocenters. The second-order valence-corrected chi connectivity index (χ2v) is 9.65. The lowest BCUT2D eigenvalue weighted by Gasteiger charge is -2.34. The number of ether oxygens (including phenoxy) is 1. The van der Waals surface area contributed by atoms with E-state index in [0.29, 0.717) is 24.6 Å². The third kappa shape index (κ3) is 5.27. The maximum Gasteiger partial charge on any atom is 0.227 e. The molecule has 30 heavy (non-hydrogen) atoms. The largest absolute Gasteiger partial charge is 0.497 e. The van der Waals surface area contributed by atoms with Gasteiger partial charge < -0.3 is 14.2 Å². The summed E-state index contributed by atoms with van der Waals surface area (Å²) in [6.45, 7) is 4.24. The first-order valence-electron chi connectivity index (χ1n) is 9.82. The lowest BCUT2D eigenvalue weighted by atomic mass is 10.2. The van der Waals surface area contributed by atoms with Crippen LogP contribution >= 0.6 is 27.3 Å². The number of thiophene rings is 1. The molecule has 9 heteroatoms. The zero-order valence-electron chi connectivity index (χ0n) is 16.7. The van der Waals surface area contributed by atoms with E-state index in [-0.39, 0.29) is 5.91 Å². The number of aromatic nitrogens is 2. The van der Waals surface area contributed by atoms with E-state index in [9.17, 15) is 4.79 Å². The number of methoxy groups -OCH3 is 1. The normalized spacial score (nSPS) is 14.8. The minimum absolute atomic E-state index is 0.137. The van der Waals surface area contributed by atoms with Crippen LogP contribution in [-0.2, 0) is 17.8 Å². The fourth-order valence-corrected chi connectivity index (χ4v) is 4.92. The van der Waals surface area contributed by atoms with Crippen LogP contribution in [0.15, 0.2) is 44.7 Å². The van der Waals surface area contributed by atoms with Gasteiger partial charge in [0.1, 0.15) is 5.75 Å². The maximum atomic E-state index is 12.6. The third-order valence-electron chi connectivity index (χ3n) is 5.10. The van der Waals surface area contributed by atoms with Crippen molar-refractivity contribution in [2.45, 2.75) is 19.4 Å². The van der Waals surface area contributed by atoms with Crippen molar-refractivity contribution in [1.82, 2.24) is 19.9 Å². The van der Waals surface area contributed by atoms with Gasteiger partial charge in [0.05, 0.1) is 10.9 Å². The molecule has 1 aliphatic heterocycles. The van der Waals surface area contributed by atoms with Crippen LogP contribution in [-0.4, -0.2) is 59.1 Å². The SMILES string of the molecule is COc1ccc(-c2noc(CCC(=O)N3CCN(Cc4ccc(Br)s4)CC3)n2)cc1. The van der Waals surface area contributed by atoms with Gasteiger partial charge in [-0.2, -0.15) is 4.98 Å². The van der Waals surface area contributed by atoms with Crippen molar-refractivity contribution in [3.05, 3.63) is 51.0 Å². The van der Waals surface area contributed by atoms with Crippen LogP contribution in [0.4, 0.5) is 0 Å². The second-order valence-electron chi connectivity index (χ2n) is 7.10. The Hall–Kier alpha value is -2.23. The van der Waals surface area contributed by atoms with Crippen LogP contribution in [0.2, 0.25) is 0 Å². The molecular weight excluding hydrogens is 468 g/mol. The van der Waals surface area contributed by atoms with Crippen molar-refractivity contribution in [3.63, 3.8) is 0 Å². The summed E-state index contributed by atoms with van der Waals surface area (Å²) >= 11 is 5.27. The summed E-state index contributed by atoms with van der Waals surface area (Å²) < 4.78 is 11.6. The summed E-state index contributed by atoms with van der Waals surface area (Å²) in [7, 11) is 1.63. The first-order chi connectivity index (χ1) is 14.6. The van der Waals surface area contributed by atoms with E-state index in [2.05, 4.69) is 43.1 Å². The van der Waals surface area contributed by atoms with E-state index in [4.69, 9.17) is 9.26 Å². The summed E-state index contributed by atoms with van der Waals surface area (Å²) in [4.78, 5) is 22.7. The first-order valence-corrected chi connectivity index (χ1v) is 11.4. The molecule has 1 saturated heterocycles. The van der Waals surface area contributed by atoms with E-state index >= 15 is 0 Å². The number of hydrogen-bond acceptors (Lipinski definition) is 7. The predicted molar refractivity (Wildman–Crippen MR) is 118 cm³/mol. The Morgan fingerprint density at radius 2 is 1.93 bits per heavy atom. The molecular formula is C21H23BrN4O3S. The molecule has 1 fully saturated rings. The summed E-state index contributed by atoms with van der Waals surface area (Å²) in [6.07, 6.45) is 0.827. The number of hydrogen-bond donors (Lipinski definition) is 0. The Balaban J connectivity index is 1.23. The Bertz CT molecular complexity index is 980. The molecule has 0 aliphatic carbocycles. The number of amides is 1. The number of carbonyl (C=O) groups is 1. The molecule has 0 spiro atoms. The highest BCUT2D eigenvalue weighted by atomic mass is 79.9. The number of aryl methyl sites for hydroxylation is 1. The Morgan fingerprint density at radius 1 is 1.17 bits per heavy atom. The topological polar surface area (TPSA) is 71.7 Å². The average Bonchev–Trinajstić information content (AvgIpc) is 3.41. The van der Waals surface area contributed by atoms with Crippen LogP contribution in [0.25, 0.3) is 11.4 Å². The quantitative estimate of drug-likeness (QED) is 0.500. The molecule has 4 rings (SSSR count). The number of benzene rings is 1. The fraction of sp³-hybridized carbons (Fsp3) is 0.381. The number of piperazine rings is 1. The molecule has 0 unspecified atom stereocenters. The van der Waals surface area contributed by atoms with Gasteiger partial charge in [0.2, 0.25) is 17.6 Å². The Morgan fingerprint density at radius 3 is 2.60 bits per heavy atom. The fourth-order valence-electron chi connectivity index (χ4n) is 3.40. The van der Waals surface area contributed by atoms with Gasteiger partial charge in [-0.05, 0) is 52.3 Å². The van der Waals surface area contributed by atoms with Gasteiger partial charge in [-0.1, -0.05) is 5.16 Å². The van der Waals surface area contributed by atoms with Crippen molar-refractivity contribution in [2.24, 2.45) is 0 Å². The highest BCUT2D eigenvalue weighted by molar-refractivity contribution is 9.11. The molecule has 1 aliphatic rings. The van der Waals surface area contributed by atoms with Crippen molar-refractivity contribution in [2.75, 3.05) is 33.3 Å². The predicted octanol–water partition coefficient (Wildman–Crippen LogP) is 3.85. The number of rotatable bonds is 7. The van der Waals surface area contributed by atoms with E-state index < -0.39 is 0 Å². The molecule has 0 radical (unpaired) electrons. The highest BCUT2D eigenvalue weighted by Gasteiger charge is 2.22. The molecule has 7 nitrogen and oxygen atoms in total. The van der Waals surface area contributed by atoms with Crippen molar-refractivity contribution >= 4 is 33.2 Å². The molecule has 1 amide bonds. The van der Waals surface area contributed by atoms with Gasteiger partial charge in [-0.3, -0.25) is 9.69 Å². The molecule has 2 aromatic heterocycles. The zero-order valence-corrected chi connectivity index (χ0v) is 19.1. The zero-order chi connectivity index (χ0) is 20.9. The van der Waals surface area contributed by atoms with Crippen molar-refractivity contribution in [1.29, 1.82) is 0 Å². The van der Waals surface area contributed by atoms with Gasteiger partial charge in [0, 0.05) is 56.0 Å². The number of carbonyl (C=O) groups excluding carboxylic acids is 1. The van der Waals surface area contributed by atoms with E-state index in [1.807, 2.05) is 29.2 Å². The minimum atomic E-state index is 0.137. The lowest BCUT2D eigenvalue weighted by molar-refractivity contribution is -0.133. The first kappa shape index (κ1) is 21.0. The van der Waals surface area contributed by atoms with Gasteiger partial charge in [-0.15, -0.1) is 11.3 Å². The Labute approximate surface area is 187 Å². The number of halogens is 1. The van der Waals surface area contributed by atoms with Crippen LogP contribution in [0.5, 0.6) is 5.75 Å². The summed E-state index contributed by atoms with van der Waals surface area (Å²) in [5, 5.41) is 4.02.